The highest BCUT2D eigenvalue weighted by Gasteiger charge is 2.82. The Labute approximate surface area is 161 Å². The number of aliphatic hydroxyl groups is 2. The fourth-order valence-corrected chi connectivity index (χ4v) is 10.2. The molecular formula is C22H33NO4. The van der Waals surface area contributed by atoms with Crippen LogP contribution in [-0.2, 0) is 9.47 Å². The predicted molar refractivity (Wildman–Crippen MR) is 97.5 cm³/mol. The van der Waals surface area contributed by atoms with Crippen LogP contribution in [0.15, 0.2) is 0 Å². The quantitative estimate of drug-likeness (QED) is 0.679. The third-order valence-electron chi connectivity index (χ3n) is 10.7. The van der Waals surface area contributed by atoms with Crippen molar-refractivity contribution in [1.29, 1.82) is 0 Å². The highest BCUT2D eigenvalue weighted by molar-refractivity contribution is 5.28. The van der Waals surface area contributed by atoms with Crippen molar-refractivity contribution in [3.63, 3.8) is 0 Å². The minimum Gasteiger partial charge on any atom is -0.390 e. The number of ether oxygens (including phenoxy) is 2. The normalized spacial score (nSPS) is 68.7. The first-order valence-electron chi connectivity index (χ1n) is 11.3. The molecule has 5 heteroatoms. The average Bonchev–Trinajstić information content (AvgIpc) is 3.10. The second kappa shape index (κ2) is 4.59. The van der Waals surface area contributed by atoms with Gasteiger partial charge in [-0.05, 0) is 57.3 Å². The first-order chi connectivity index (χ1) is 12.8. The Hall–Kier alpha value is -0.200. The molecule has 0 aromatic carbocycles. The third-order valence-corrected chi connectivity index (χ3v) is 10.7. The first kappa shape index (κ1) is 16.6. The van der Waals surface area contributed by atoms with Crippen molar-refractivity contribution < 1.29 is 19.7 Å². The smallest absolute Gasteiger partial charge is 0.119 e. The van der Waals surface area contributed by atoms with Gasteiger partial charge in [-0.15, -0.1) is 0 Å². The molecule has 2 N–H and O–H groups in total. The molecule has 7 bridgehead atoms. The Morgan fingerprint density at radius 3 is 2.78 bits per heavy atom. The van der Waals surface area contributed by atoms with Gasteiger partial charge in [-0.1, -0.05) is 13.3 Å². The van der Waals surface area contributed by atoms with Gasteiger partial charge in [0.05, 0.1) is 24.4 Å². The van der Waals surface area contributed by atoms with Gasteiger partial charge in [0.1, 0.15) is 12.5 Å². The lowest BCUT2D eigenvalue weighted by Gasteiger charge is -2.81. The zero-order valence-corrected chi connectivity index (χ0v) is 16.6. The van der Waals surface area contributed by atoms with Gasteiger partial charge in [0.15, 0.2) is 0 Å². The van der Waals surface area contributed by atoms with E-state index in [2.05, 4.69) is 11.8 Å². The summed E-state index contributed by atoms with van der Waals surface area (Å²) in [6.07, 6.45) is 7.37. The molecule has 5 nitrogen and oxygen atoms in total. The van der Waals surface area contributed by atoms with Crippen LogP contribution < -0.4 is 0 Å². The maximum absolute atomic E-state index is 11.7. The number of fused-ring (bicyclic) bond motifs is 4. The summed E-state index contributed by atoms with van der Waals surface area (Å²) in [5.41, 5.74) is -0.567. The Bertz CT molecular complexity index is 712. The topological polar surface area (TPSA) is 62.2 Å². The van der Waals surface area contributed by atoms with E-state index >= 15 is 0 Å². The highest BCUT2D eigenvalue weighted by Crippen LogP contribution is 2.79. The van der Waals surface area contributed by atoms with Gasteiger partial charge in [0, 0.05) is 28.7 Å². The molecule has 11 atom stereocenters. The number of hydrogen-bond acceptors (Lipinski definition) is 5. The summed E-state index contributed by atoms with van der Waals surface area (Å²) in [5.74, 6) is 1.28. The molecule has 4 heterocycles. The number of aliphatic hydroxyl groups excluding tert-OH is 1. The summed E-state index contributed by atoms with van der Waals surface area (Å²) in [5, 5.41) is 22.9. The molecule has 4 saturated heterocycles. The molecule has 0 radical (unpaired) electrons. The number of rotatable bonds is 0. The van der Waals surface area contributed by atoms with Crippen molar-refractivity contribution in [1.82, 2.24) is 4.90 Å². The van der Waals surface area contributed by atoms with E-state index in [0.717, 1.165) is 45.3 Å². The molecule has 0 amide bonds. The molecule has 9 fully saturated rings. The summed E-state index contributed by atoms with van der Waals surface area (Å²) in [6, 6.07) is 0. The largest absolute Gasteiger partial charge is 0.390 e. The number of hydrogen-bond donors (Lipinski definition) is 2. The van der Waals surface area contributed by atoms with E-state index in [0.29, 0.717) is 11.8 Å². The fraction of sp³-hybridized carbons (Fsp3) is 1.00. The van der Waals surface area contributed by atoms with Crippen LogP contribution in [0.5, 0.6) is 0 Å². The van der Waals surface area contributed by atoms with E-state index in [1.165, 1.54) is 12.8 Å². The summed E-state index contributed by atoms with van der Waals surface area (Å²) in [4.78, 5) is 2.53. The average molecular weight is 376 g/mol. The van der Waals surface area contributed by atoms with Gasteiger partial charge in [-0.25, -0.2) is 4.90 Å². The van der Waals surface area contributed by atoms with Crippen LogP contribution >= 0.6 is 0 Å². The Morgan fingerprint density at radius 1 is 1.11 bits per heavy atom. The lowest BCUT2D eigenvalue weighted by Crippen LogP contribution is -2.86. The second-order valence-corrected chi connectivity index (χ2v) is 11.6. The van der Waals surface area contributed by atoms with E-state index in [1.54, 1.807) is 0 Å². The van der Waals surface area contributed by atoms with Gasteiger partial charge >= 0.3 is 0 Å². The van der Waals surface area contributed by atoms with Gasteiger partial charge in [-0.3, -0.25) is 0 Å². The van der Waals surface area contributed by atoms with Crippen molar-refractivity contribution in [3.05, 3.63) is 0 Å². The SMILES string of the molecule is CC1(O)CC23CCC1CC2C12CCCC4(C)C5OCCN5C1OC3C(O)C42. The van der Waals surface area contributed by atoms with E-state index in [1.807, 2.05) is 6.92 Å². The zero-order valence-electron chi connectivity index (χ0n) is 16.6. The fourth-order valence-electron chi connectivity index (χ4n) is 10.2. The van der Waals surface area contributed by atoms with Gasteiger partial charge < -0.3 is 19.7 Å². The van der Waals surface area contributed by atoms with Crippen LogP contribution in [0.3, 0.4) is 0 Å². The number of piperidine rings is 1. The molecule has 2 spiro atoms. The van der Waals surface area contributed by atoms with Crippen LogP contribution in [0.4, 0.5) is 0 Å². The molecule has 5 saturated carbocycles. The molecule has 4 aliphatic heterocycles. The second-order valence-electron chi connectivity index (χ2n) is 11.6. The lowest BCUT2D eigenvalue weighted by molar-refractivity contribution is -0.448. The van der Waals surface area contributed by atoms with E-state index < -0.39 is 11.7 Å². The molecule has 27 heavy (non-hydrogen) atoms. The maximum atomic E-state index is 11.7. The van der Waals surface area contributed by atoms with Crippen LogP contribution in [0.25, 0.3) is 0 Å². The van der Waals surface area contributed by atoms with Gasteiger partial charge in [-0.2, -0.15) is 0 Å². The van der Waals surface area contributed by atoms with E-state index in [-0.39, 0.29) is 40.7 Å². The minimum absolute atomic E-state index is 0.0213. The standard InChI is InChI=1S/C22H33NO4/c1-19-5-3-6-22-13-10-12-4-7-21(13,11-20(12,2)25)16(14(24)15(19)22)27-18(22)23-8-9-26-17(19)23/h12-18,24-25H,3-11H2,1-2H3. The molecule has 9 rings (SSSR count). The first-order valence-corrected chi connectivity index (χ1v) is 11.3. The highest BCUT2D eigenvalue weighted by atomic mass is 16.6. The Morgan fingerprint density at radius 2 is 1.96 bits per heavy atom. The molecule has 11 unspecified atom stereocenters. The molecular weight excluding hydrogens is 342 g/mol. The molecule has 150 valence electrons. The van der Waals surface area contributed by atoms with Gasteiger partial charge in [0.2, 0.25) is 0 Å². The van der Waals surface area contributed by atoms with Crippen LogP contribution in [0, 0.1) is 34.0 Å². The van der Waals surface area contributed by atoms with Gasteiger partial charge in [0.25, 0.3) is 0 Å². The van der Waals surface area contributed by atoms with E-state index in [9.17, 15) is 10.2 Å². The summed E-state index contributed by atoms with van der Waals surface area (Å²) in [7, 11) is 0. The van der Waals surface area contributed by atoms with Crippen molar-refractivity contribution in [2.75, 3.05) is 13.2 Å². The molecule has 9 aliphatic rings. The Balaban J connectivity index is 1.45. The minimum atomic E-state index is -0.599. The monoisotopic (exact) mass is 375 g/mol. The zero-order chi connectivity index (χ0) is 18.4. The van der Waals surface area contributed by atoms with Crippen molar-refractivity contribution >= 4 is 0 Å². The maximum Gasteiger partial charge on any atom is 0.119 e. The number of nitrogens with zero attached hydrogens (tertiary/aromatic N) is 1. The summed E-state index contributed by atoms with van der Waals surface area (Å²) >= 11 is 0. The molecule has 0 aromatic heterocycles. The summed E-state index contributed by atoms with van der Waals surface area (Å²) in [6.45, 7) is 6.18. The third kappa shape index (κ3) is 1.53. The lowest BCUT2D eigenvalue weighted by atomic mass is 9.31. The van der Waals surface area contributed by atoms with Crippen molar-refractivity contribution in [3.8, 4) is 0 Å². The predicted octanol–water partition coefficient (Wildman–Crippen LogP) is 2.11. The van der Waals surface area contributed by atoms with Crippen molar-refractivity contribution in [2.24, 2.45) is 34.0 Å². The van der Waals surface area contributed by atoms with Crippen LogP contribution in [-0.4, -0.2) is 58.5 Å². The molecule has 5 aliphatic carbocycles. The van der Waals surface area contributed by atoms with E-state index in [4.69, 9.17) is 9.47 Å². The summed E-state index contributed by atoms with van der Waals surface area (Å²) < 4.78 is 13.1. The Kier molecular flexibility index (Phi) is 2.82. The van der Waals surface area contributed by atoms with Crippen LogP contribution in [0.2, 0.25) is 0 Å². The molecule has 0 aromatic rings. The van der Waals surface area contributed by atoms with Crippen molar-refractivity contribution in [2.45, 2.75) is 89.1 Å². The van der Waals surface area contributed by atoms with Crippen LogP contribution in [0.1, 0.15) is 58.8 Å².